The van der Waals surface area contributed by atoms with E-state index in [2.05, 4.69) is 10.3 Å². The van der Waals surface area contributed by atoms with Crippen molar-refractivity contribution in [3.63, 3.8) is 0 Å². The van der Waals surface area contributed by atoms with Gasteiger partial charge in [0.2, 0.25) is 5.91 Å². The lowest BCUT2D eigenvalue weighted by Gasteiger charge is -2.10. The van der Waals surface area contributed by atoms with Crippen LogP contribution in [0, 0.1) is 11.6 Å². The third-order valence-electron chi connectivity index (χ3n) is 2.80. The monoisotopic (exact) mass is 308 g/mol. The lowest BCUT2D eigenvalue weighted by atomic mass is 9.98. The minimum Gasteiger partial charge on any atom is -0.356 e. The van der Waals surface area contributed by atoms with Gasteiger partial charge in [0.05, 0.1) is 0 Å². The number of benzene rings is 1. The molecular formula is C15H11ClF2N2O. The summed E-state index contributed by atoms with van der Waals surface area (Å²) in [4.78, 5) is 15.5. The van der Waals surface area contributed by atoms with Gasteiger partial charge in [0.15, 0.2) is 11.6 Å². The smallest absolute Gasteiger partial charge is 0.244 e. The summed E-state index contributed by atoms with van der Waals surface area (Å²) in [6.45, 7) is 0. The van der Waals surface area contributed by atoms with Gasteiger partial charge in [0.1, 0.15) is 5.15 Å². The zero-order valence-corrected chi connectivity index (χ0v) is 11.8. The fraction of sp³-hybridized carbons (Fsp3) is 0.0667. The number of nitrogens with one attached hydrogen (secondary N) is 1. The van der Waals surface area contributed by atoms with Crippen molar-refractivity contribution in [2.75, 3.05) is 7.05 Å². The molecule has 1 amide bonds. The molecule has 0 fully saturated rings. The Hall–Kier alpha value is -2.27. The number of halogens is 3. The van der Waals surface area contributed by atoms with Crippen LogP contribution in [0.1, 0.15) is 11.1 Å². The molecule has 0 bridgehead atoms. The molecule has 1 N–H and O–H groups in total. The highest BCUT2D eigenvalue weighted by molar-refractivity contribution is 6.29. The molecule has 0 spiro atoms. The van der Waals surface area contributed by atoms with Crippen LogP contribution in [0.3, 0.4) is 0 Å². The molecule has 3 nitrogen and oxygen atoms in total. The number of nitrogens with zero attached hydrogens (tertiary/aromatic N) is 1. The molecule has 0 saturated carbocycles. The van der Waals surface area contributed by atoms with Crippen molar-refractivity contribution in [3.8, 4) is 0 Å². The molecule has 0 aliphatic heterocycles. The lowest BCUT2D eigenvalue weighted by molar-refractivity contribution is -0.116. The Labute approximate surface area is 125 Å². The van der Waals surface area contributed by atoms with E-state index in [1.165, 1.54) is 37.5 Å². The van der Waals surface area contributed by atoms with Crippen LogP contribution in [0.5, 0.6) is 0 Å². The molecule has 1 aromatic heterocycles. The first kappa shape index (κ1) is 15.1. The number of amides is 1. The number of pyridine rings is 1. The van der Waals surface area contributed by atoms with Crippen LogP contribution >= 0.6 is 11.6 Å². The van der Waals surface area contributed by atoms with Crippen molar-refractivity contribution in [1.82, 2.24) is 10.3 Å². The Bertz CT molecular complexity index is 699. The molecule has 0 aliphatic rings. The van der Waals surface area contributed by atoms with Gasteiger partial charge in [-0.25, -0.2) is 13.8 Å². The maximum Gasteiger partial charge on any atom is 0.244 e. The fourth-order valence-electron chi connectivity index (χ4n) is 1.77. The molecule has 0 aliphatic carbocycles. The highest BCUT2D eigenvalue weighted by Crippen LogP contribution is 2.27. The van der Waals surface area contributed by atoms with E-state index in [1.54, 1.807) is 6.07 Å². The Morgan fingerprint density at radius 3 is 2.67 bits per heavy atom. The molecule has 1 aromatic carbocycles. The van der Waals surface area contributed by atoms with E-state index in [1.807, 2.05) is 0 Å². The Kier molecular flexibility index (Phi) is 4.65. The first-order chi connectivity index (χ1) is 10.0. The summed E-state index contributed by atoms with van der Waals surface area (Å²) < 4.78 is 27.4. The molecule has 108 valence electrons. The third kappa shape index (κ3) is 3.44. The van der Waals surface area contributed by atoms with E-state index in [0.29, 0.717) is 5.56 Å². The molecule has 2 aromatic rings. The summed E-state index contributed by atoms with van der Waals surface area (Å²) in [6.07, 6.45) is 2.57. The van der Waals surface area contributed by atoms with Gasteiger partial charge >= 0.3 is 0 Å². The summed E-state index contributed by atoms with van der Waals surface area (Å²) in [5.74, 6) is -2.46. The highest BCUT2D eigenvalue weighted by atomic mass is 35.5. The lowest BCUT2D eigenvalue weighted by Crippen LogP contribution is -2.15. The second-order valence-corrected chi connectivity index (χ2v) is 4.53. The minimum absolute atomic E-state index is 0.0253. The molecule has 6 heteroatoms. The van der Waals surface area contributed by atoms with E-state index in [0.717, 1.165) is 6.07 Å². The van der Waals surface area contributed by atoms with Crippen molar-refractivity contribution < 1.29 is 13.6 Å². The quantitative estimate of drug-likeness (QED) is 0.699. The van der Waals surface area contributed by atoms with Gasteiger partial charge in [-0.15, -0.1) is 0 Å². The van der Waals surface area contributed by atoms with E-state index in [4.69, 9.17) is 11.6 Å². The molecule has 2 rings (SSSR count). The fourth-order valence-corrected chi connectivity index (χ4v) is 1.88. The second-order valence-electron chi connectivity index (χ2n) is 4.14. The highest BCUT2D eigenvalue weighted by Gasteiger charge is 2.15. The van der Waals surface area contributed by atoms with Crippen molar-refractivity contribution in [2.45, 2.75) is 0 Å². The van der Waals surface area contributed by atoms with Crippen molar-refractivity contribution in [3.05, 3.63) is 70.5 Å². The molecular weight excluding hydrogens is 298 g/mol. The van der Waals surface area contributed by atoms with Crippen LogP contribution in [0.25, 0.3) is 5.57 Å². The predicted molar refractivity (Wildman–Crippen MR) is 76.8 cm³/mol. The Morgan fingerprint density at radius 2 is 2.05 bits per heavy atom. The maximum atomic E-state index is 14.0. The van der Waals surface area contributed by atoms with Gasteiger partial charge in [0.25, 0.3) is 0 Å². The number of aromatic nitrogens is 1. The summed E-state index contributed by atoms with van der Waals surface area (Å²) in [5, 5.41) is 2.66. The summed E-state index contributed by atoms with van der Waals surface area (Å²) in [6, 6.07) is 6.85. The summed E-state index contributed by atoms with van der Waals surface area (Å²) in [7, 11) is 1.44. The number of carbonyl (C=O) groups is 1. The molecule has 21 heavy (non-hydrogen) atoms. The Balaban J connectivity index is 2.61. The molecule has 0 atom stereocenters. The first-order valence-electron chi connectivity index (χ1n) is 6.02. The van der Waals surface area contributed by atoms with Crippen LogP contribution < -0.4 is 5.32 Å². The summed E-state index contributed by atoms with van der Waals surface area (Å²) >= 11 is 5.71. The first-order valence-corrected chi connectivity index (χ1v) is 6.40. The molecule has 0 unspecified atom stereocenters. The van der Waals surface area contributed by atoms with E-state index in [-0.39, 0.29) is 16.3 Å². The Morgan fingerprint density at radius 1 is 1.29 bits per heavy atom. The van der Waals surface area contributed by atoms with Gasteiger partial charge < -0.3 is 5.32 Å². The zero-order chi connectivity index (χ0) is 15.4. The molecule has 0 saturated heterocycles. The maximum absolute atomic E-state index is 14.0. The van der Waals surface area contributed by atoms with Crippen LogP contribution in [-0.4, -0.2) is 17.9 Å². The van der Waals surface area contributed by atoms with Gasteiger partial charge in [-0.1, -0.05) is 23.7 Å². The van der Waals surface area contributed by atoms with Gasteiger partial charge in [-0.3, -0.25) is 4.79 Å². The third-order valence-corrected chi connectivity index (χ3v) is 3.03. The number of hydrogen-bond donors (Lipinski definition) is 1. The molecule has 0 radical (unpaired) electrons. The number of rotatable bonds is 3. The standard InChI is InChI=1S/C15H11ClF2N2O/c1-19-14(21)7-11(9-5-6-13(16)20-8-9)10-3-2-4-12(17)15(10)18/h2-8H,1H3,(H,19,21). The van der Waals surface area contributed by atoms with E-state index < -0.39 is 17.5 Å². The van der Waals surface area contributed by atoms with Gasteiger partial charge in [-0.2, -0.15) is 0 Å². The van der Waals surface area contributed by atoms with E-state index >= 15 is 0 Å². The minimum atomic E-state index is -1.03. The number of likely N-dealkylation sites (N-methyl/N-ethyl adjacent to an activating group) is 1. The van der Waals surface area contributed by atoms with Crippen LogP contribution in [0.2, 0.25) is 5.15 Å². The number of carbonyl (C=O) groups excluding carboxylic acids is 1. The van der Waals surface area contributed by atoms with Crippen LogP contribution in [-0.2, 0) is 4.79 Å². The van der Waals surface area contributed by atoms with Gasteiger partial charge in [-0.05, 0) is 23.8 Å². The average Bonchev–Trinajstić information content (AvgIpc) is 2.49. The van der Waals surface area contributed by atoms with E-state index in [9.17, 15) is 13.6 Å². The summed E-state index contributed by atoms with van der Waals surface area (Å²) in [5.41, 5.74) is 0.644. The largest absolute Gasteiger partial charge is 0.356 e. The van der Waals surface area contributed by atoms with Crippen molar-refractivity contribution >= 4 is 23.1 Å². The van der Waals surface area contributed by atoms with Crippen molar-refractivity contribution in [2.24, 2.45) is 0 Å². The normalized spacial score (nSPS) is 11.3. The molecule has 1 heterocycles. The van der Waals surface area contributed by atoms with Crippen molar-refractivity contribution in [1.29, 1.82) is 0 Å². The number of hydrogen-bond acceptors (Lipinski definition) is 2. The zero-order valence-electron chi connectivity index (χ0n) is 11.0. The van der Waals surface area contributed by atoms with Gasteiger partial charge in [0, 0.05) is 30.4 Å². The van der Waals surface area contributed by atoms with Crippen LogP contribution in [0.15, 0.2) is 42.6 Å². The SMILES string of the molecule is CNC(=O)C=C(c1ccc(Cl)nc1)c1cccc(F)c1F. The predicted octanol–water partition coefficient (Wildman–Crippen LogP) is 3.19. The topological polar surface area (TPSA) is 42.0 Å². The average molecular weight is 309 g/mol. The second kappa shape index (κ2) is 6.45. The van der Waals surface area contributed by atoms with Crippen LogP contribution in [0.4, 0.5) is 8.78 Å².